The van der Waals surface area contributed by atoms with E-state index in [0.29, 0.717) is 0 Å². The third kappa shape index (κ3) is 8.53. The van der Waals surface area contributed by atoms with Gasteiger partial charge in [-0.1, -0.05) is 45.0 Å². The Labute approximate surface area is 136 Å². The first-order valence-electron chi connectivity index (χ1n) is 8.46. The molecule has 0 aliphatic carbocycles. The normalized spacial score (nSPS) is 12.8. The van der Waals surface area contributed by atoms with Crippen LogP contribution in [0.15, 0.2) is 24.3 Å². The fourth-order valence-electron chi connectivity index (χ4n) is 2.62. The van der Waals surface area contributed by atoms with Crippen LogP contribution in [0.5, 0.6) is 0 Å². The minimum Gasteiger partial charge on any atom is -0.316 e. The summed E-state index contributed by atoms with van der Waals surface area (Å²) in [7, 11) is 0. The molecular weight excluding hydrogens is 274 g/mol. The van der Waals surface area contributed by atoms with Gasteiger partial charge in [0.25, 0.3) is 0 Å². The van der Waals surface area contributed by atoms with Gasteiger partial charge in [-0.05, 0) is 73.7 Å². The zero-order chi connectivity index (χ0) is 15.5. The van der Waals surface area contributed by atoms with Crippen LogP contribution < -0.4 is 5.32 Å². The van der Waals surface area contributed by atoms with Crippen molar-refractivity contribution in [1.82, 2.24) is 5.32 Å². The number of aryl methyl sites for hydroxylation is 1. The fourth-order valence-corrected chi connectivity index (χ4v) is 3.28. The summed E-state index contributed by atoms with van der Waals surface area (Å²) < 4.78 is 0. The highest BCUT2D eigenvalue weighted by Gasteiger charge is 2.11. The van der Waals surface area contributed by atoms with Crippen molar-refractivity contribution in [3.63, 3.8) is 0 Å². The third-order valence-electron chi connectivity index (χ3n) is 3.86. The van der Waals surface area contributed by atoms with Crippen LogP contribution in [0.3, 0.4) is 0 Å². The molecule has 0 heterocycles. The van der Waals surface area contributed by atoms with E-state index < -0.39 is 0 Å². The molecule has 0 spiro atoms. The van der Waals surface area contributed by atoms with Crippen LogP contribution in [0.1, 0.15) is 44.7 Å². The lowest BCUT2D eigenvalue weighted by atomic mass is 9.92. The van der Waals surface area contributed by atoms with Gasteiger partial charge < -0.3 is 5.32 Å². The molecule has 120 valence electrons. The highest BCUT2D eigenvalue weighted by molar-refractivity contribution is 7.99. The van der Waals surface area contributed by atoms with Crippen LogP contribution >= 0.6 is 11.8 Å². The first-order chi connectivity index (χ1) is 10.1. The van der Waals surface area contributed by atoms with E-state index in [9.17, 15) is 0 Å². The molecular formula is C19H33NS. The van der Waals surface area contributed by atoms with Crippen LogP contribution in [0.25, 0.3) is 0 Å². The van der Waals surface area contributed by atoms with Gasteiger partial charge in [-0.3, -0.25) is 0 Å². The van der Waals surface area contributed by atoms with Gasteiger partial charge in [-0.15, -0.1) is 0 Å². The monoisotopic (exact) mass is 307 g/mol. The minimum absolute atomic E-state index is 0.736. The predicted octanol–water partition coefficient (Wildman–Crippen LogP) is 4.93. The summed E-state index contributed by atoms with van der Waals surface area (Å²) in [5, 5.41) is 3.66. The number of thioether (sulfide) groups is 1. The Morgan fingerprint density at radius 3 is 2.57 bits per heavy atom. The lowest BCUT2D eigenvalue weighted by molar-refractivity contribution is 0.421. The third-order valence-corrected chi connectivity index (χ3v) is 4.85. The second-order valence-electron chi connectivity index (χ2n) is 6.39. The summed E-state index contributed by atoms with van der Waals surface area (Å²) in [4.78, 5) is 0. The van der Waals surface area contributed by atoms with Gasteiger partial charge >= 0.3 is 0 Å². The van der Waals surface area contributed by atoms with Crippen LogP contribution in [0.2, 0.25) is 0 Å². The molecule has 1 aromatic rings. The van der Waals surface area contributed by atoms with Gasteiger partial charge in [0, 0.05) is 0 Å². The summed E-state index contributed by atoms with van der Waals surface area (Å²) in [6, 6.07) is 8.85. The molecule has 21 heavy (non-hydrogen) atoms. The molecule has 0 saturated carbocycles. The van der Waals surface area contributed by atoms with Crippen molar-refractivity contribution >= 4 is 11.8 Å². The van der Waals surface area contributed by atoms with E-state index in [1.54, 1.807) is 0 Å². The molecule has 1 rings (SSSR count). The molecule has 1 N–H and O–H groups in total. The molecule has 0 radical (unpaired) electrons. The Balaban J connectivity index is 2.47. The first kappa shape index (κ1) is 18.6. The maximum atomic E-state index is 3.66. The van der Waals surface area contributed by atoms with Crippen molar-refractivity contribution in [2.75, 3.05) is 24.6 Å². The minimum atomic E-state index is 0.736. The molecule has 1 atom stereocenters. The fraction of sp³-hybridized carbons (Fsp3) is 0.684. The van der Waals surface area contributed by atoms with E-state index in [0.717, 1.165) is 24.9 Å². The molecule has 0 amide bonds. The molecule has 1 unspecified atom stereocenters. The molecule has 0 bridgehead atoms. The zero-order valence-corrected chi connectivity index (χ0v) is 15.1. The molecule has 0 aromatic heterocycles. The van der Waals surface area contributed by atoms with Gasteiger partial charge in [0.1, 0.15) is 0 Å². The van der Waals surface area contributed by atoms with E-state index in [4.69, 9.17) is 0 Å². The second-order valence-corrected chi connectivity index (χ2v) is 7.78. The molecule has 0 aliphatic rings. The largest absolute Gasteiger partial charge is 0.316 e. The van der Waals surface area contributed by atoms with Crippen molar-refractivity contribution in [2.45, 2.75) is 47.0 Å². The Morgan fingerprint density at radius 1 is 1.14 bits per heavy atom. The van der Waals surface area contributed by atoms with Crippen molar-refractivity contribution in [1.29, 1.82) is 0 Å². The van der Waals surface area contributed by atoms with Gasteiger partial charge in [0.05, 0.1) is 0 Å². The van der Waals surface area contributed by atoms with E-state index in [2.05, 4.69) is 69.0 Å². The van der Waals surface area contributed by atoms with Crippen LogP contribution in [0.4, 0.5) is 0 Å². The molecule has 0 fully saturated rings. The molecule has 0 aliphatic heterocycles. The number of rotatable bonds is 11. The van der Waals surface area contributed by atoms with Gasteiger partial charge in [-0.2, -0.15) is 11.8 Å². The lowest BCUT2D eigenvalue weighted by Crippen LogP contribution is -2.28. The van der Waals surface area contributed by atoms with Gasteiger partial charge in [0.2, 0.25) is 0 Å². The van der Waals surface area contributed by atoms with Crippen molar-refractivity contribution in [3.05, 3.63) is 35.4 Å². The predicted molar refractivity (Wildman–Crippen MR) is 98.3 cm³/mol. The average molecular weight is 308 g/mol. The highest BCUT2D eigenvalue weighted by Crippen LogP contribution is 2.18. The number of benzene rings is 1. The quantitative estimate of drug-likeness (QED) is 0.582. The second kappa shape index (κ2) is 11.1. The number of hydrogen-bond acceptors (Lipinski definition) is 2. The summed E-state index contributed by atoms with van der Waals surface area (Å²) in [6.07, 6.45) is 3.90. The van der Waals surface area contributed by atoms with Gasteiger partial charge in [0.15, 0.2) is 0 Å². The zero-order valence-electron chi connectivity index (χ0n) is 14.3. The molecule has 1 aromatic carbocycles. The van der Waals surface area contributed by atoms with Crippen molar-refractivity contribution in [2.24, 2.45) is 11.8 Å². The van der Waals surface area contributed by atoms with Crippen molar-refractivity contribution in [3.8, 4) is 0 Å². The summed E-state index contributed by atoms with van der Waals surface area (Å²) in [5.41, 5.74) is 2.96. The lowest BCUT2D eigenvalue weighted by Gasteiger charge is -2.19. The Kier molecular flexibility index (Phi) is 9.86. The standard InChI is InChI=1S/C19H33NS/c1-5-21-12-8-10-18(15-20-14-16(2)3)13-19-11-7-6-9-17(19)4/h6-7,9,11,16,18,20H,5,8,10,12-15H2,1-4H3. The van der Waals surface area contributed by atoms with E-state index in [1.165, 1.54) is 41.9 Å². The SMILES string of the molecule is CCSCCCC(CNCC(C)C)Cc1ccccc1C. The van der Waals surface area contributed by atoms with Gasteiger partial charge in [-0.25, -0.2) is 0 Å². The number of nitrogens with one attached hydrogen (secondary N) is 1. The molecule has 1 nitrogen and oxygen atoms in total. The highest BCUT2D eigenvalue weighted by atomic mass is 32.2. The summed E-state index contributed by atoms with van der Waals surface area (Å²) in [5.74, 6) is 4.06. The molecule has 0 saturated heterocycles. The Morgan fingerprint density at radius 2 is 1.90 bits per heavy atom. The Hall–Kier alpha value is -0.470. The summed E-state index contributed by atoms with van der Waals surface area (Å²) in [6.45, 7) is 11.3. The topological polar surface area (TPSA) is 12.0 Å². The maximum Gasteiger partial charge on any atom is -0.00172 e. The van der Waals surface area contributed by atoms with Crippen LogP contribution in [-0.2, 0) is 6.42 Å². The van der Waals surface area contributed by atoms with E-state index >= 15 is 0 Å². The first-order valence-corrected chi connectivity index (χ1v) is 9.61. The smallest absolute Gasteiger partial charge is 0.00172 e. The molecule has 2 heteroatoms. The maximum absolute atomic E-state index is 3.66. The Bertz CT molecular complexity index is 376. The summed E-state index contributed by atoms with van der Waals surface area (Å²) >= 11 is 2.07. The van der Waals surface area contributed by atoms with Crippen LogP contribution in [-0.4, -0.2) is 24.6 Å². The number of hydrogen-bond donors (Lipinski definition) is 1. The van der Waals surface area contributed by atoms with Crippen molar-refractivity contribution < 1.29 is 0 Å². The van der Waals surface area contributed by atoms with Crippen LogP contribution in [0, 0.1) is 18.8 Å². The average Bonchev–Trinajstić information content (AvgIpc) is 2.45. The van der Waals surface area contributed by atoms with E-state index in [-0.39, 0.29) is 0 Å². The van der Waals surface area contributed by atoms with E-state index in [1.807, 2.05) is 0 Å².